The van der Waals surface area contributed by atoms with E-state index < -0.39 is 17.4 Å². The van der Waals surface area contributed by atoms with Gasteiger partial charge in [0.05, 0.1) is 34.1 Å². The van der Waals surface area contributed by atoms with Crippen LogP contribution in [0, 0.1) is 0 Å². The van der Waals surface area contributed by atoms with Crippen LogP contribution in [0.15, 0.2) is 109 Å². The van der Waals surface area contributed by atoms with E-state index >= 15 is 0 Å². The molecule has 0 unspecified atom stereocenters. The molecule has 4 aromatic heterocycles. The second kappa shape index (κ2) is 13.1. The normalized spacial score (nSPS) is 10.9. The van der Waals surface area contributed by atoms with E-state index in [1.54, 1.807) is 24.4 Å². The molecule has 0 bridgehead atoms. The van der Waals surface area contributed by atoms with Gasteiger partial charge in [-0.15, -0.1) is 11.3 Å². The Labute approximate surface area is 270 Å². The van der Waals surface area contributed by atoms with Gasteiger partial charge < -0.3 is 15.0 Å². The van der Waals surface area contributed by atoms with Crippen LogP contribution < -0.4 is 10.9 Å². The summed E-state index contributed by atoms with van der Waals surface area (Å²) in [6.07, 6.45) is 5.68. The molecule has 13 heteroatoms. The summed E-state index contributed by atoms with van der Waals surface area (Å²) in [6, 6.07) is 21.8. The van der Waals surface area contributed by atoms with Gasteiger partial charge in [-0.3, -0.25) is 14.4 Å². The lowest BCUT2D eigenvalue weighted by Crippen LogP contribution is -2.26. The summed E-state index contributed by atoms with van der Waals surface area (Å²) >= 11 is 7.47. The van der Waals surface area contributed by atoms with Crippen LogP contribution in [0.5, 0.6) is 0 Å². The van der Waals surface area contributed by atoms with Gasteiger partial charge in [-0.05, 0) is 47.5 Å². The third kappa shape index (κ3) is 6.53. The maximum absolute atomic E-state index is 13.9. The number of Topliss-reactive ketones (excluding diaryl/α,β-unsaturated/α-hetero) is 1. The molecule has 2 N–H and O–H groups in total. The average molecular weight is 651 g/mol. The minimum absolute atomic E-state index is 0.0621. The van der Waals surface area contributed by atoms with Gasteiger partial charge in [0.15, 0.2) is 5.78 Å². The van der Waals surface area contributed by atoms with E-state index in [1.807, 2.05) is 36.4 Å². The molecule has 0 aliphatic rings. The van der Waals surface area contributed by atoms with Crippen LogP contribution in [0.25, 0.3) is 22.4 Å². The Morgan fingerprint density at radius 3 is 2.35 bits per heavy atom. The molecular weight excluding hydrogens is 628 g/mol. The van der Waals surface area contributed by atoms with Crippen molar-refractivity contribution < 1.29 is 19.5 Å². The molecule has 2 aromatic carbocycles. The standard InChI is InChI=1S/C33H23ClN6O5S/c34-29-10-9-25(46-29)16-37-30-13-27(38-40(30)31(42)21-7-4-8-22(11-21)33(44)45)26-12-23(20-5-2-1-3-6-20)17-39(32(26)43)18-28(41)24-14-35-19-36-15-24/h1-15,17,19,37H,16,18H2,(H,44,45). The zero-order valence-corrected chi connectivity index (χ0v) is 25.4. The van der Waals surface area contributed by atoms with Crippen molar-refractivity contribution in [1.29, 1.82) is 0 Å². The minimum atomic E-state index is -1.18. The molecule has 0 amide bonds. The quantitative estimate of drug-likeness (QED) is 0.176. The zero-order chi connectivity index (χ0) is 32.2. The number of rotatable bonds is 10. The van der Waals surface area contributed by atoms with Gasteiger partial charge in [-0.25, -0.2) is 14.8 Å². The minimum Gasteiger partial charge on any atom is -0.478 e. The van der Waals surface area contributed by atoms with Gasteiger partial charge in [0.1, 0.15) is 17.8 Å². The molecule has 0 saturated heterocycles. The third-order valence-electron chi connectivity index (χ3n) is 7.00. The molecular formula is C33H23ClN6O5S. The van der Waals surface area contributed by atoms with Crippen molar-refractivity contribution in [1.82, 2.24) is 24.3 Å². The molecule has 6 rings (SSSR count). The second-order valence-corrected chi connectivity index (χ2v) is 11.9. The van der Waals surface area contributed by atoms with E-state index in [9.17, 15) is 24.3 Å². The molecule has 0 fully saturated rings. The highest BCUT2D eigenvalue weighted by Gasteiger charge is 2.22. The topological polar surface area (TPSA) is 149 Å². The molecule has 0 aliphatic carbocycles. The number of hydrogen-bond acceptors (Lipinski definition) is 9. The number of benzene rings is 2. The Morgan fingerprint density at radius 2 is 1.63 bits per heavy atom. The number of ketones is 1. The molecule has 0 aliphatic heterocycles. The lowest BCUT2D eigenvalue weighted by atomic mass is 10.0. The number of carbonyl (C=O) groups is 3. The van der Waals surface area contributed by atoms with Gasteiger partial charge in [0.25, 0.3) is 11.5 Å². The predicted molar refractivity (Wildman–Crippen MR) is 174 cm³/mol. The summed E-state index contributed by atoms with van der Waals surface area (Å²) in [4.78, 5) is 61.1. The average Bonchev–Trinajstić information content (AvgIpc) is 3.71. The van der Waals surface area contributed by atoms with Crippen LogP contribution in [0.1, 0.15) is 36.0 Å². The number of carboxylic acids is 1. The summed E-state index contributed by atoms with van der Waals surface area (Å²) < 4.78 is 2.99. The summed E-state index contributed by atoms with van der Waals surface area (Å²) in [6.45, 7) is 0.0125. The second-order valence-electron chi connectivity index (χ2n) is 10.1. The van der Waals surface area contributed by atoms with Crippen molar-refractivity contribution in [3.63, 3.8) is 0 Å². The molecule has 228 valence electrons. The number of anilines is 1. The van der Waals surface area contributed by atoms with Crippen LogP contribution in [0.3, 0.4) is 0 Å². The van der Waals surface area contributed by atoms with Gasteiger partial charge in [0.2, 0.25) is 0 Å². The smallest absolute Gasteiger partial charge is 0.335 e. The number of aromatic carboxylic acids is 1. The molecule has 0 radical (unpaired) electrons. The number of halogens is 1. The van der Waals surface area contributed by atoms with Crippen LogP contribution in [0.2, 0.25) is 4.34 Å². The number of nitrogens with one attached hydrogen (secondary N) is 1. The fourth-order valence-corrected chi connectivity index (χ4v) is 5.77. The number of thiophene rings is 1. The van der Waals surface area contributed by atoms with Gasteiger partial charge in [-0.2, -0.15) is 9.78 Å². The molecule has 11 nitrogen and oxygen atoms in total. The van der Waals surface area contributed by atoms with Gasteiger partial charge in [0, 0.05) is 35.1 Å². The molecule has 6 aromatic rings. The van der Waals surface area contributed by atoms with Crippen molar-refractivity contribution in [2.45, 2.75) is 13.1 Å². The fourth-order valence-electron chi connectivity index (χ4n) is 4.74. The first-order valence-electron chi connectivity index (χ1n) is 13.8. The molecule has 0 saturated carbocycles. The van der Waals surface area contributed by atoms with Crippen molar-refractivity contribution in [2.24, 2.45) is 0 Å². The number of hydrogen-bond donors (Lipinski definition) is 2. The first kappa shape index (κ1) is 30.3. The van der Waals surface area contributed by atoms with E-state index in [2.05, 4.69) is 20.4 Å². The molecule has 46 heavy (non-hydrogen) atoms. The van der Waals surface area contributed by atoms with Crippen LogP contribution in [-0.2, 0) is 13.1 Å². The number of carboxylic acid groups (broad SMARTS) is 1. The Balaban J connectivity index is 1.46. The lowest BCUT2D eigenvalue weighted by molar-refractivity contribution is 0.0696. The van der Waals surface area contributed by atoms with E-state index in [1.165, 1.54) is 58.9 Å². The fraction of sp³-hybridized carbons (Fsp3) is 0.0606. The summed E-state index contributed by atoms with van der Waals surface area (Å²) in [5.41, 5.74) is 1.52. The van der Waals surface area contributed by atoms with E-state index in [-0.39, 0.29) is 46.1 Å². The third-order valence-corrected chi connectivity index (χ3v) is 8.23. The monoisotopic (exact) mass is 650 g/mol. The maximum atomic E-state index is 13.9. The van der Waals surface area contributed by atoms with E-state index in [0.717, 1.165) is 15.1 Å². The SMILES string of the molecule is O=C(O)c1cccc(C(=O)n2nc(-c3cc(-c4ccccc4)cn(CC(=O)c4cncnc4)c3=O)cc2NCc2ccc(Cl)s2)c1. The van der Waals surface area contributed by atoms with Gasteiger partial charge in [-0.1, -0.05) is 48.0 Å². The zero-order valence-electron chi connectivity index (χ0n) is 23.8. The number of pyridine rings is 1. The Bertz CT molecular complexity index is 2140. The number of carbonyl (C=O) groups excluding carboxylic acids is 2. The van der Waals surface area contributed by atoms with Crippen LogP contribution in [0.4, 0.5) is 5.82 Å². The van der Waals surface area contributed by atoms with Crippen molar-refractivity contribution in [2.75, 3.05) is 5.32 Å². The van der Waals surface area contributed by atoms with Crippen LogP contribution >= 0.6 is 22.9 Å². The van der Waals surface area contributed by atoms with Gasteiger partial charge >= 0.3 is 5.97 Å². The summed E-state index contributed by atoms with van der Waals surface area (Å²) in [5, 5.41) is 17.2. The van der Waals surface area contributed by atoms with Crippen molar-refractivity contribution in [3.05, 3.63) is 140 Å². The number of aromatic nitrogens is 5. The molecule has 0 atom stereocenters. The highest BCUT2D eigenvalue weighted by atomic mass is 35.5. The van der Waals surface area contributed by atoms with E-state index in [0.29, 0.717) is 16.4 Å². The summed E-state index contributed by atoms with van der Waals surface area (Å²) in [5.74, 6) is -1.90. The first-order valence-corrected chi connectivity index (χ1v) is 15.0. The summed E-state index contributed by atoms with van der Waals surface area (Å²) in [7, 11) is 0. The van der Waals surface area contributed by atoms with Crippen molar-refractivity contribution >= 4 is 46.4 Å². The van der Waals surface area contributed by atoms with E-state index in [4.69, 9.17) is 11.6 Å². The maximum Gasteiger partial charge on any atom is 0.335 e. The first-order chi connectivity index (χ1) is 22.3. The Morgan fingerprint density at radius 1 is 0.870 bits per heavy atom. The highest BCUT2D eigenvalue weighted by molar-refractivity contribution is 7.16. The Kier molecular flexibility index (Phi) is 8.63. The predicted octanol–water partition coefficient (Wildman–Crippen LogP) is 5.77. The molecule has 4 heterocycles. The number of nitrogens with zero attached hydrogens (tertiary/aromatic N) is 5. The highest BCUT2D eigenvalue weighted by Crippen LogP contribution is 2.27. The Hall–Kier alpha value is -5.72. The van der Waals surface area contributed by atoms with Crippen molar-refractivity contribution in [3.8, 4) is 22.4 Å². The van der Waals surface area contributed by atoms with Crippen LogP contribution in [-0.4, -0.2) is 47.1 Å². The molecule has 0 spiro atoms. The lowest BCUT2D eigenvalue weighted by Gasteiger charge is -2.11. The largest absolute Gasteiger partial charge is 0.478 e.